The topological polar surface area (TPSA) is 74.2 Å². The molecular formula is C14H25N3O2. The van der Waals surface area contributed by atoms with E-state index in [1.54, 1.807) is 0 Å². The zero-order valence-corrected chi connectivity index (χ0v) is 12.0. The average Bonchev–Trinajstić information content (AvgIpc) is 3.05. The molecule has 1 atom stereocenters. The maximum absolute atomic E-state index is 6.15. The van der Waals surface area contributed by atoms with Crippen LogP contribution in [0.25, 0.3) is 0 Å². The second kappa shape index (κ2) is 6.48. The molecule has 1 aliphatic rings. The van der Waals surface area contributed by atoms with Gasteiger partial charge >= 0.3 is 0 Å². The summed E-state index contributed by atoms with van der Waals surface area (Å²) in [5, 5.41) is 3.99. The van der Waals surface area contributed by atoms with Crippen LogP contribution < -0.4 is 5.73 Å². The van der Waals surface area contributed by atoms with Crippen LogP contribution in [0.15, 0.2) is 4.52 Å². The average molecular weight is 267 g/mol. The Morgan fingerprint density at radius 3 is 2.84 bits per heavy atom. The van der Waals surface area contributed by atoms with Gasteiger partial charge in [-0.1, -0.05) is 30.8 Å². The first-order chi connectivity index (χ1) is 9.12. The fraction of sp³-hybridized carbons (Fsp3) is 0.857. The molecule has 1 fully saturated rings. The van der Waals surface area contributed by atoms with E-state index in [0.717, 1.165) is 18.8 Å². The van der Waals surface area contributed by atoms with Crippen LogP contribution in [-0.4, -0.2) is 23.4 Å². The highest BCUT2D eigenvalue weighted by Gasteiger charge is 2.28. The first kappa shape index (κ1) is 14.5. The van der Waals surface area contributed by atoms with E-state index in [-0.39, 0.29) is 0 Å². The number of nitrogens with zero attached hydrogens (tertiary/aromatic N) is 2. The summed E-state index contributed by atoms with van der Waals surface area (Å²) in [5.41, 5.74) is 5.47. The molecule has 0 spiro atoms. The second-order valence-corrected chi connectivity index (χ2v) is 5.76. The molecule has 1 saturated carbocycles. The molecule has 0 saturated heterocycles. The minimum atomic E-state index is -0.675. The van der Waals surface area contributed by atoms with Gasteiger partial charge in [0.1, 0.15) is 5.54 Å². The molecule has 5 heteroatoms. The Bertz CT molecular complexity index is 384. The molecule has 5 nitrogen and oxygen atoms in total. The van der Waals surface area contributed by atoms with E-state index in [2.05, 4.69) is 10.1 Å². The van der Waals surface area contributed by atoms with E-state index in [9.17, 15) is 0 Å². The molecule has 0 aliphatic heterocycles. The Kier molecular flexibility index (Phi) is 4.93. The molecule has 0 aromatic carbocycles. The Labute approximate surface area is 114 Å². The van der Waals surface area contributed by atoms with Crippen molar-refractivity contribution in [3.8, 4) is 0 Å². The summed E-state index contributed by atoms with van der Waals surface area (Å²) in [6, 6.07) is 0. The predicted molar refractivity (Wildman–Crippen MR) is 72.6 cm³/mol. The first-order valence-electron chi connectivity index (χ1n) is 7.31. The maximum atomic E-state index is 6.15. The number of rotatable bonds is 7. The lowest BCUT2D eigenvalue weighted by Crippen LogP contribution is -2.39. The van der Waals surface area contributed by atoms with Gasteiger partial charge < -0.3 is 15.0 Å². The Morgan fingerprint density at radius 1 is 1.42 bits per heavy atom. The number of hydrogen-bond donors (Lipinski definition) is 1. The molecule has 2 N–H and O–H groups in total. The maximum Gasteiger partial charge on any atom is 0.226 e. The van der Waals surface area contributed by atoms with Gasteiger partial charge in [0.25, 0.3) is 0 Å². The van der Waals surface area contributed by atoms with Crippen molar-refractivity contribution in [1.82, 2.24) is 10.1 Å². The van der Waals surface area contributed by atoms with Crippen molar-refractivity contribution in [1.29, 1.82) is 0 Å². The highest BCUT2D eigenvalue weighted by molar-refractivity contribution is 5.02. The van der Waals surface area contributed by atoms with Gasteiger partial charge in [0.15, 0.2) is 5.82 Å². The van der Waals surface area contributed by atoms with Crippen LogP contribution in [0.5, 0.6) is 0 Å². The molecule has 1 aliphatic carbocycles. The second-order valence-electron chi connectivity index (χ2n) is 5.76. The number of hydrogen-bond acceptors (Lipinski definition) is 5. The summed E-state index contributed by atoms with van der Waals surface area (Å²) in [6.45, 7) is 4.86. The monoisotopic (exact) mass is 267 g/mol. The van der Waals surface area contributed by atoms with Crippen molar-refractivity contribution in [2.75, 3.05) is 13.2 Å². The normalized spacial score (nSPS) is 19.7. The summed E-state index contributed by atoms with van der Waals surface area (Å²) >= 11 is 0. The van der Waals surface area contributed by atoms with Crippen molar-refractivity contribution >= 4 is 0 Å². The van der Waals surface area contributed by atoms with E-state index < -0.39 is 5.54 Å². The van der Waals surface area contributed by atoms with Crippen LogP contribution in [0.2, 0.25) is 0 Å². The van der Waals surface area contributed by atoms with Crippen molar-refractivity contribution in [3.05, 3.63) is 11.7 Å². The summed E-state index contributed by atoms with van der Waals surface area (Å²) in [4.78, 5) is 4.41. The smallest absolute Gasteiger partial charge is 0.226 e. The SMILES string of the molecule is CCOCC(C)(N)c1noc(CCC2CCCC2)n1. The largest absolute Gasteiger partial charge is 0.379 e. The Hall–Kier alpha value is -0.940. The van der Waals surface area contributed by atoms with E-state index in [0.29, 0.717) is 24.9 Å². The standard InChI is InChI=1S/C14H25N3O2/c1-3-18-10-14(2,15)13-16-12(19-17-13)9-8-11-6-4-5-7-11/h11H,3-10,15H2,1-2H3. The lowest BCUT2D eigenvalue weighted by Gasteiger charge is -2.19. The third-order valence-corrected chi connectivity index (χ3v) is 3.83. The van der Waals surface area contributed by atoms with Crippen LogP contribution in [0, 0.1) is 5.92 Å². The Morgan fingerprint density at radius 2 is 2.16 bits per heavy atom. The van der Waals surface area contributed by atoms with Gasteiger partial charge in [0.05, 0.1) is 6.61 Å². The zero-order chi connectivity index (χ0) is 13.7. The summed E-state index contributed by atoms with van der Waals surface area (Å²) in [5.74, 6) is 2.08. The fourth-order valence-electron chi connectivity index (χ4n) is 2.59. The predicted octanol–water partition coefficient (Wildman–Crippen LogP) is 2.40. The molecule has 1 heterocycles. The van der Waals surface area contributed by atoms with Gasteiger partial charge in [-0.25, -0.2) is 0 Å². The van der Waals surface area contributed by atoms with Gasteiger partial charge in [0.2, 0.25) is 5.89 Å². The highest BCUT2D eigenvalue weighted by atomic mass is 16.5. The van der Waals surface area contributed by atoms with Crippen molar-refractivity contribution in [3.63, 3.8) is 0 Å². The quantitative estimate of drug-likeness (QED) is 0.821. The van der Waals surface area contributed by atoms with Gasteiger partial charge in [0, 0.05) is 13.0 Å². The number of aryl methyl sites for hydroxylation is 1. The summed E-state index contributed by atoms with van der Waals surface area (Å²) < 4.78 is 10.7. The molecule has 1 aromatic rings. The lowest BCUT2D eigenvalue weighted by molar-refractivity contribution is 0.0962. The van der Waals surface area contributed by atoms with Crippen LogP contribution in [-0.2, 0) is 16.7 Å². The van der Waals surface area contributed by atoms with Crippen molar-refractivity contribution < 1.29 is 9.26 Å². The molecule has 0 amide bonds. The lowest BCUT2D eigenvalue weighted by atomic mass is 10.0. The molecule has 108 valence electrons. The van der Waals surface area contributed by atoms with E-state index >= 15 is 0 Å². The summed E-state index contributed by atoms with van der Waals surface area (Å²) in [6.07, 6.45) is 7.45. The third kappa shape index (κ3) is 4.01. The zero-order valence-electron chi connectivity index (χ0n) is 12.0. The van der Waals surface area contributed by atoms with Crippen LogP contribution in [0.4, 0.5) is 0 Å². The van der Waals surface area contributed by atoms with Crippen LogP contribution in [0.1, 0.15) is 57.7 Å². The van der Waals surface area contributed by atoms with Crippen molar-refractivity contribution in [2.45, 2.75) is 57.9 Å². The van der Waals surface area contributed by atoms with Crippen LogP contribution in [0.3, 0.4) is 0 Å². The van der Waals surface area contributed by atoms with E-state index in [4.69, 9.17) is 15.0 Å². The molecule has 0 bridgehead atoms. The first-order valence-corrected chi connectivity index (χ1v) is 7.31. The molecule has 1 aromatic heterocycles. The highest BCUT2D eigenvalue weighted by Crippen LogP contribution is 2.28. The number of aromatic nitrogens is 2. The fourth-order valence-corrected chi connectivity index (χ4v) is 2.59. The molecule has 1 unspecified atom stereocenters. The molecule has 0 radical (unpaired) electrons. The third-order valence-electron chi connectivity index (χ3n) is 3.83. The van der Waals surface area contributed by atoms with Gasteiger partial charge in [-0.05, 0) is 26.2 Å². The minimum Gasteiger partial charge on any atom is -0.379 e. The molecular weight excluding hydrogens is 242 g/mol. The molecule has 19 heavy (non-hydrogen) atoms. The van der Waals surface area contributed by atoms with Gasteiger partial charge in [-0.15, -0.1) is 0 Å². The Balaban J connectivity index is 1.86. The number of ether oxygens (including phenoxy) is 1. The minimum absolute atomic E-state index is 0.408. The van der Waals surface area contributed by atoms with E-state index in [1.807, 2.05) is 13.8 Å². The van der Waals surface area contributed by atoms with Gasteiger partial charge in [-0.2, -0.15) is 4.98 Å². The van der Waals surface area contributed by atoms with Gasteiger partial charge in [-0.3, -0.25) is 0 Å². The number of nitrogens with two attached hydrogens (primary N) is 1. The summed E-state index contributed by atoms with van der Waals surface area (Å²) in [7, 11) is 0. The van der Waals surface area contributed by atoms with Crippen LogP contribution >= 0.6 is 0 Å². The van der Waals surface area contributed by atoms with E-state index in [1.165, 1.54) is 25.7 Å². The molecule has 2 rings (SSSR count). The van der Waals surface area contributed by atoms with Crippen molar-refractivity contribution in [2.24, 2.45) is 11.7 Å².